The highest BCUT2D eigenvalue weighted by atomic mass is 35.5. The third kappa shape index (κ3) is 2.90. The number of rotatable bonds is 3. The fraction of sp³-hybridized carbons (Fsp3) is 0.545. The van der Waals surface area contributed by atoms with Crippen molar-refractivity contribution in [1.29, 1.82) is 0 Å². The van der Waals surface area contributed by atoms with Gasteiger partial charge in [-0.15, -0.1) is 11.3 Å². The van der Waals surface area contributed by atoms with Gasteiger partial charge in [-0.3, -0.25) is 4.79 Å². The highest BCUT2D eigenvalue weighted by Gasteiger charge is 2.23. The lowest BCUT2D eigenvalue weighted by Gasteiger charge is -2.30. The van der Waals surface area contributed by atoms with Crippen LogP contribution in [-0.2, 0) is 0 Å². The molecular formula is C11H15Cl2NOS. The van der Waals surface area contributed by atoms with Crippen LogP contribution in [0.4, 0.5) is 0 Å². The van der Waals surface area contributed by atoms with E-state index in [1.807, 2.05) is 32.6 Å². The summed E-state index contributed by atoms with van der Waals surface area (Å²) in [6.45, 7) is 7.98. The first-order valence-electron chi connectivity index (χ1n) is 5.12. The van der Waals surface area contributed by atoms with Gasteiger partial charge in [0.05, 0.1) is 9.90 Å². The van der Waals surface area contributed by atoms with Gasteiger partial charge in [-0.1, -0.05) is 23.2 Å². The normalized spacial score (nSPS) is 11.2. The molecule has 0 radical (unpaired) electrons. The van der Waals surface area contributed by atoms with Gasteiger partial charge in [0.2, 0.25) is 0 Å². The summed E-state index contributed by atoms with van der Waals surface area (Å²) in [4.78, 5) is 14.6. The fourth-order valence-corrected chi connectivity index (χ4v) is 2.96. The van der Waals surface area contributed by atoms with E-state index in [1.165, 1.54) is 11.3 Å². The first-order chi connectivity index (χ1) is 7.34. The van der Waals surface area contributed by atoms with E-state index in [4.69, 9.17) is 23.2 Å². The van der Waals surface area contributed by atoms with Gasteiger partial charge >= 0.3 is 0 Å². The lowest BCUT2D eigenvalue weighted by molar-refractivity contribution is 0.0649. The van der Waals surface area contributed by atoms with E-state index in [-0.39, 0.29) is 18.0 Å². The van der Waals surface area contributed by atoms with Gasteiger partial charge < -0.3 is 4.90 Å². The van der Waals surface area contributed by atoms with E-state index in [1.54, 1.807) is 6.07 Å². The Bertz CT molecular complexity index is 360. The molecule has 1 rings (SSSR count). The summed E-state index contributed by atoms with van der Waals surface area (Å²) in [5, 5.41) is 0.447. The minimum atomic E-state index is -0.0104. The summed E-state index contributed by atoms with van der Waals surface area (Å²) in [6.07, 6.45) is 0. The molecule has 16 heavy (non-hydrogen) atoms. The molecule has 0 saturated heterocycles. The second-order valence-electron chi connectivity index (χ2n) is 4.13. The van der Waals surface area contributed by atoms with Gasteiger partial charge in [-0.25, -0.2) is 0 Å². The highest BCUT2D eigenvalue weighted by molar-refractivity contribution is 7.18. The Kier molecular flexibility index (Phi) is 4.65. The van der Waals surface area contributed by atoms with E-state index in [0.717, 1.165) is 0 Å². The van der Waals surface area contributed by atoms with Gasteiger partial charge in [0, 0.05) is 12.1 Å². The summed E-state index contributed by atoms with van der Waals surface area (Å²) in [7, 11) is 0. The molecule has 0 N–H and O–H groups in total. The van der Waals surface area contributed by atoms with Crippen LogP contribution in [-0.4, -0.2) is 22.9 Å². The van der Waals surface area contributed by atoms with Crippen LogP contribution in [0.3, 0.4) is 0 Å². The van der Waals surface area contributed by atoms with Crippen molar-refractivity contribution in [2.45, 2.75) is 39.8 Å². The van der Waals surface area contributed by atoms with Crippen molar-refractivity contribution in [1.82, 2.24) is 4.90 Å². The average Bonchev–Trinajstić information content (AvgIpc) is 2.45. The third-order valence-corrected chi connectivity index (χ3v) is 4.06. The molecule has 1 amide bonds. The fourth-order valence-electron chi connectivity index (χ4n) is 1.64. The van der Waals surface area contributed by atoms with Crippen molar-refractivity contribution in [3.8, 4) is 0 Å². The molecule has 1 aromatic heterocycles. The van der Waals surface area contributed by atoms with Gasteiger partial charge in [0.1, 0.15) is 4.34 Å². The summed E-state index contributed by atoms with van der Waals surface area (Å²) in [6, 6.07) is 1.95. The maximum atomic E-state index is 12.2. The quantitative estimate of drug-likeness (QED) is 0.807. The Balaban J connectivity index is 2.99. The van der Waals surface area contributed by atoms with Crippen molar-refractivity contribution < 1.29 is 4.79 Å². The van der Waals surface area contributed by atoms with Crippen molar-refractivity contribution in [2.75, 3.05) is 0 Å². The minimum absolute atomic E-state index is 0.0104. The number of hydrogen-bond donors (Lipinski definition) is 0. The second kappa shape index (κ2) is 5.39. The minimum Gasteiger partial charge on any atom is -0.333 e. The SMILES string of the molecule is CC(C)N(C(=O)c1cc(Cl)c(Cl)s1)C(C)C. The van der Waals surface area contributed by atoms with Gasteiger partial charge in [-0.2, -0.15) is 0 Å². The maximum absolute atomic E-state index is 12.2. The summed E-state index contributed by atoms with van der Waals surface area (Å²) in [5.41, 5.74) is 0. The molecule has 90 valence electrons. The molecule has 0 aromatic carbocycles. The number of carbonyl (C=O) groups is 1. The standard InChI is InChI=1S/C11H15Cl2NOS/c1-6(2)14(7(3)4)11(15)9-5-8(12)10(13)16-9/h5-7H,1-4H3. The molecular weight excluding hydrogens is 265 g/mol. The molecule has 0 spiro atoms. The van der Waals surface area contributed by atoms with Crippen LogP contribution in [0.25, 0.3) is 0 Å². The zero-order valence-electron chi connectivity index (χ0n) is 9.75. The lowest BCUT2D eigenvalue weighted by Crippen LogP contribution is -2.41. The van der Waals surface area contributed by atoms with Crippen LogP contribution in [0.15, 0.2) is 6.07 Å². The number of nitrogens with zero attached hydrogens (tertiary/aromatic N) is 1. The van der Waals surface area contributed by atoms with Crippen molar-refractivity contribution in [3.05, 3.63) is 20.3 Å². The molecule has 0 saturated carbocycles. The Hall–Kier alpha value is -0.250. The smallest absolute Gasteiger partial charge is 0.264 e. The zero-order valence-corrected chi connectivity index (χ0v) is 12.1. The Morgan fingerprint density at radius 3 is 2.06 bits per heavy atom. The molecule has 2 nitrogen and oxygen atoms in total. The number of hydrogen-bond acceptors (Lipinski definition) is 2. The zero-order chi connectivity index (χ0) is 12.5. The molecule has 0 aliphatic rings. The first-order valence-corrected chi connectivity index (χ1v) is 6.69. The topological polar surface area (TPSA) is 20.3 Å². The number of halogens is 2. The molecule has 0 atom stereocenters. The molecule has 1 aromatic rings. The van der Waals surface area contributed by atoms with Crippen LogP contribution in [0.5, 0.6) is 0 Å². The number of thiophene rings is 1. The molecule has 0 aliphatic carbocycles. The number of carbonyl (C=O) groups excluding carboxylic acids is 1. The van der Waals surface area contributed by atoms with Crippen LogP contribution < -0.4 is 0 Å². The van der Waals surface area contributed by atoms with E-state index in [0.29, 0.717) is 14.2 Å². The predicted molar refractivity (Wildman–Crippen MR) is 70.8 cm³/mol. The van der Waals surface area contributed by atoms with Gasteiger partial charge in [-0.05, 0) is 33.8 Å². The van der Waals surface area contributed by atoms with E-state index >= 15 is 0 Å². The molecule has 0 aliphatic heterocycles. The van der Waals surface area contributed by atoms with Crippen LogP contribution in [0.2, 0.25) is 9.36 Å². The Morgan fingerprint density at radius 1 is 1.25 bits per heavy atom. The van der Waals surface area contributed by atoms with Crippen LogP contribution >= 0.6 is 34.5 Å². The van der Waals surface area contributed by atoms with Crippen molar-refractivity contribution in [3.63, 3.8) is 0 Å². The van der Waals surface area contributed by atoms with Crippen LogP contribution in [0.1, 0.15) is 37.4 Å². The predicted octanol–water partition coefficient (Wildman–Crippen LogP) is 4.31. The molecule has 5 heteroatoms. The molecule has 1 heterocycles. The van der Waals surface area contributed by atoms with E-state index < -0.39 is 0 Å². The Labute approximate surface area is 110 Å². The average molecular weight is 280 g/mol. The second-order valence-corrected chi connectivity index (χ2v) is 6.19. The summed E-state index contributed by atoms with van der Waals surface area (Å²) < 4.78 is 0.470. The largest absolute Gasteiger partial charge is 0.333 e. The lowest BCUT2D eigenvalue weighted by atomic mass is 10.2. The maximum Gasteiger partial charge on any atom is 0.264 e. The van der Waals surface area contributed by atoms with E-state index in [2.05, 4.69) is 0 Å². The van der Waals surface area contributed by atoms with Gasteiger partial charge in [0.15, 0.2) is 0 Å². The monoisotopic (exact) mass is 279 g/mol. The molecule has 0 unspecified atom stereocenters. The molecule has 0 fully saturated rings. The summed E-state index contributed by atoms with van der Waals surface area (Å²) >= 11 is 12.9. The summed E-state index contributed by atoms with van der Waals surface area (Å²) in [5.74, 6) is -0.0104. The molecule has 0 bridgehead atoms. The van der Waals surface area contributed by atoms with Crippen LogP contribution in [0, 0.1) is 0 Å². The Morgan fingerprint density at radius 2 is 1.75 bits per heavy atom. The van der Waals surface area contributed by atoms with Crippen molar-refractivity contribution >= 4 is 40.4 Å². The van der Waals surface area contributed by atoms with Crippen molar-refractivity contribution in [2.24, 2.45) is 0 Å². The first kappa shape index (κ1) is 13.8. The number of amides is 1. The van der Waals surface area contributed by atoms with Gasteiger partial charge in [0.25, 0.3) is 5.91 Å². The third-order valence-electron chi connectivity index (χ3n) is 2.20. The van der Waals surface area contributed by atoms with E-state index in [9.17, 15) is 4.79 Å². The highest BCUT2D eigenvalue weighted by Crippen LogP contribution is 2.32.